The Morgan fingerprint density at radius 3 is 2.56 bits per heavy atom. The average Bonchev–Trinajstić information content (AvgIpc) is 2.65. The predicted molar refractivity (Wildman–Crippen MR) is 107 cm³/mol. The van der Waals surface area contributed by atoms with Gasteiger partial charge in [-0.3, -0.25) is 4.79 Å². The third kappa shape index (κ3) is 3.15. The van der Waals surface area contributed by atoms with Crippen molar-refractivity contribution in [2.45, 2.75) is 19.3 Å². The van der Waals surface area contributed by atoms with Crippen molar-refractivity contribution in [1.82, 2.24) is 0 Å². The fraction of sp³-hybridized carbons (Fsp3) is 0.143. The van der Waals surface area contributed by atoms with Gasteiger partial charge in [0, 0.05) is 21.2 Å². The Bertz CT molecular complexity index is 1150. The van der Waals surface area contributed by atoms with Gasteiger partial charge in [0.25, 0.3) is 0 Å². The number of benzene rings is 2. The second-order valence-electron chi connectivity index (χ2n) is 6.41. The first-order valence-corrected chi connectivity index (χ1v) is 9.19. The van der Waals surface area contributed by atoms with Gasteiger partial charge in [0.2, 0.25) is 0 Å². The minimum atomic E-state index is -1.08. The molecule has 3 aromatic rings. The van der Waals surface area contributed by atoms with Crippen LogP contribution in [0.4, 0.5) is 0 Å². The van der Waals surface area contributed by atoms with Crippen molar-refractivity contribution < 1.29 is 14.3 Å². The van der Waals surface area contributed by atoms with Crippen LogP contribution in [0.1, 0.15) is 40.1 Å². The van der Waals surface area contributed by atoms with E-state index in [0.29, 0.717) is 38.9 Å². The van der Waals surface area contributed by atoms with E-state index in [1.54, 1.807) is 18.2 Å². The Balaban J connectivity index is 1.94. The lowest BCUT2D eigenvalue weighted by Gasteiger charge is -2.18. The number of aromatic carboxylic acids is 1. The van der Waals surface area contributed by atoms with Crippen molar-refractivity contribution in [3.8, 4) is 0 Å². The number of carboxylic acid groups (broad SMARTS) is 1. The van der Waals surface area contributed by atoms with Crippen molar-refractivity contribution >= 4 is 51.8 Å². The number of carboxylic acids is 1. The van der Waals surface area contributed by atoms with Crippen molar-refractivity contribution in [3.05, 3.63) is 79.1 Å². The van der Waals surface area contributed by atoms with E-state index >= 15 is 0 Å². The van der Waals surface area contributed by atoms with Crippen LogP contribution in [-0.2, 0) is 6.42 Å². The quantitative estimate of drug-likeness (QED) is 0.600. The summed E-state index contributed by atoms with van der Waals surface area (Å²) >= 11 is 12.5. The molecule has 0 unspecified atom stereocenters. The summed E-state index contributed by atoms with van der Waals surface area (Å²) in [7, 11) is 0. The molecule has 0 atom stereocenters. The summed E-state index contributed by atoms with van der Waals surface area (Å²) < 4.78 is 6.02. The van der Waals surface area contributed by atoms with Gasteiger partial charge in [0.15, 0.2) is 5.43 Å². The smallest absolute Gasteiger partial charge is 0.335 e. The molecule has 1 heterocycles. The Morgan fingerprint density at radius 1 is 1.11 bits per heavy atom. The van der Waals surface area contributed by atoms with E-state index in [1.807, 2.05) is 6.08 Å². The maximum atomic E-state index is 12.9. The molecule has 0 saturated carbocycles. The zero-order chi connectivity index (χ0) is 19.1. The summed E-state index contributed by atoms with van der Waals surface area (Å²) in [6.45, 7) is 0. The van der Waals surface area contributed by atoms with Gasteiger partial charge >= 0.3 is 5.97 Å². The lowest BCUT2D eigenvalue weighted by molar-refractivity contribution is 0.0697. The highest BCUT2D eigenvalue weighted by Gasteiger charge is 2.23. The van der Waals surface area contributed by atoms with E-state index in [-0.39, 0.29) is 16.4 Å². The Kier molecular flexibility index (Phi) is 4.54. The number of hydrogen-bond acceptors (Lipinski definition) is 3. The van der Waals surface area contributed by atoms with Crippen molar-refractivity contribution in [2.75, 3.05) is 0 Å². The Labute approximate surface area is 164 Å². The monoisotopic (exact) mass is 400 g/mol. The van der Waals surface area contributed by atoms with Crippen LogP contribution in [0.15, 0.2) is 45.6 Å². The molecular formula is C21H14Cl2O4. The maximum absolute atomic E-state index is 12.9. The number of allylic oxidation sites excluding steroid dienone is 1. The number of halogens is 2. The first kappa shape index (κ1) is 17.8. The highest BCUT2D eigenvalue weighted by Crippen LogP contribution is 2.36. The molecule has 1 aromatic heterocycles. The van der Waals surface area contributed by atoms with Gasteiger partial charge in [-0.05, 0) is 61.2 Å². The minimum absolute atomic E-state index is 0.0594. The number of rotatable bonds is 2. The molecule has 0 radical (unpaired) electrons. The molecule has 1 N–H and O–H groups in total. The van der Waals surface area contributed by atoms with Crippen LogP contribution in [0.3, 0.4) is 0 Å². The number of hydrogen-bond donors (Lipinski definition) is 1. The molecule has 0 amide bonds. The molecule has 0 bridgehead atoms. The normalized spacial score (nSPS) is 15.1. The minimum Gasteiger partial charge on any atom is -0.478 e. The Morgan fingerprint density at radius 2 is 1.85 bits per heavy atom. The SMILES string of the molecule is O=C(O)c1ccc2oc3c(c(=O)c2c1)CCC/C3=C/c1c(Cl)cccc1Cl. The van der Waals surface area contributed by atoms with Gasteiger partial charge in [-0.15, -0.1) is 0 Å². The predicted octanol–water partition coefficient (Wildman–Crippen LogP) is 5.67. The zero-order valence-corrected chi connectivity index (χ0v) is 15.6. The molecular weight excluding hydrogens is 387 g/mol. The molecule has 4 nitrogen and oxygen atoms in total. The van der Waals surface area contributed by atoms with E-state index in [0.717, 1.165) is 18.4 Å². The lowest BCUT2D eigenvalue weighted by Crippen LogP contribution is -2.16. The average molecular weight is 401 g/mol. The van der Waals surface area contributed by atoms with Crippen LogP contribution in [0.2, 0.25) is 10.0 Å². The van der Waals surface area contributed by atoms with Gasteiger partial charge in [0.05, 0.1) is 10.9 Å². The summed E-state index contributed by atoms with van der Waals surface area (Å²) in [6.07, 6.45) is 3.97. The Hall–Kier alpha value is -2.56. The molecule has 1 aliphatic rings. The topological polar surface area (TPSA) is 67.5 Å². The molecule has 27 heavy (non-hydrogen) atoms. The van der Waals surface area contributed by atoms with E-state index in [2.05, 4.69) is 0 Å². The van der Waals surface area contributed by atoms with Gasteiger partial charge in [-0.2, -0.15) is 0 Å². The van der Waals surface area contributed by atoms with Crippen LogP contribution in [0.5, 0.6) is 0 Å². The van der Waals surface area contributed by atoms with Crippen LogP contribution in [0.25, 0.3) is 22.6 Å². The molecule has 1 aliphatic carbocycles. The molecule has 0 saturated heterocycles. The second kappa shape index (κ2) is 6.87. The summed E-state index contributed by atoms with van der Waals surface area (Å²) in [5.41, 5.74) is 2.34. The molecule has 0 spiro atoms. The van der Waals surface area contributed by atoms with Crippen molar-refractivity contribution in [2.24, 2.45) is 0 Å². The first-order chi connectivity index (χ1) is 13.0. The van der Waals surface area contributed by atoms with Crippen LogP contribution >= 0.6 is 23.2 Å². The molecule has 0 aliphatic heterocycles. The van der Waals surface area contributed by atoms with Gasteiger partial charge in [0.1, 0.15) is 11.3 Å². The maximum Gasteiger partial charge on any atom is 0.335 e. The third-order valence-corrected chi connectivity index (χ3v) is 5.37. The lowest BCUT2D eigenvalue weighted by atomic mass is 9.90. The molecule has 4 rings (SSSR count). The summed E-state index contributed by atoms with van der Waals surface area (Å²) in [6, 6.07) is 9.61. The van der Waals surface area contributed by atoms with Crippen LogP contribution in [0, 0.1) is 0 Å². The summed E-state index contributed by atoms with van der Waals surface area (Å²) in [4.78, 5) is 24.1. The largest absolute Gasteiger partial charge is 0.478 e. The van der Waals surface area contributed by atoms with Crippen LogP contribution < -0.4 is 5.43 Å². The molecule has 136 valence electrons. The van der Waals surface area contributed by atoms with Gasteiger partial charge in [-0.1, -0.05) is 29.3 Å². The fourth-order valence-corrected chi connectivity index (χ4v) is 3.89. The fourth-order valence-electron chi connectivity index (χ4n) is 3.38. The molecule has 0 fully saturated rings. The highest BCUT2D eigenvalue weighted by molar-refractivity contribution is 6.37. The highest BCUT2D eigenvalue weighted by atomic mass is 35.5. The summed E-state index contributed by atoms with van der Waals surface area (Å²) in [5.74, 6) is -0.555. The zero-order valence-electron chi connectivity index (χ0n) is 14.1. The molecule has 6 heteroatoms. The van der Waals surface area contributed by atoms with Gasteiger partial charge in [-0.25, -0.2) is 4.79 Å². The van der Waals surface area contributed by atoms with E-state index in [9.17, 15) is 9.59 Å². The van der Waals surface area contributed by atoms with Gasteiger partial charge < -0.3 is 9.52 Å². The van der Waals surface area contributed by atoms with Crippen LogP contribution in [-0.4, -0.2) is 11.1 Å². The van der Waals surface area contributed by atoms with Crippen molar-refractivity contribution in [1.29, 1.82) is 0 Å². The second-order valence-corrected chi connectivity index (χ2v) is 7.23. The number of carbonyl (C=O) groups is 1. The first-order valence-electron chi connectivity index (χ1n) is 8.43. The number of fused-ring (bicyclic) bond motifs is 2. The van der Waals surface area contributed by atoms with E-state index in [1.165, 1.54) is 18.2 Å². The standard InChI is InChI=1S/C21H14Cl2O4/c22-16-5-2-6-17(23)14(16)9-11-3-1-4-13-19(24)15-10-12(21(25)26)7-8-18(15)27-20(11)13/h2,5-10H,1,3-4H2,(H,25,26)/b11-9-. The third-order valence-electron chi connectivity index (χ3n) is 4.71. The van der Waals surface area contributed by atoms with E-state index in [4.69, 9.17) is 32.7 Å². The molecule has 2 aromatic carbocycles. The summed E-state index contributed by atoms with van der Waals surface area (Å²) in [5, 5.41) is 10.5. The van der Waals surface area contributed by atoms with E-state index < -0.39 is 5.97 Å². The van der Waals surface area contributed by atoms with Crippen molar-refractivity contribution in [3.63, 3.8) is 0 Å².